The molecule has 0 aromatic heterocycles. The Morgan fingerprint density at radius 3 is 2.61 bits per heavy atom. The van der Waals surface area contributed by atoms with E-state index in [1.165, 1.54) is 19.1 Å². The molecule has 0 unspecified atom stereocenters. The van der Waals surface area contributed by atoms with Gasteiger partial charge in [-0.1, -0.05) is 15.9 Å². The van der Waals surface area contributed by atoms with E-state index in [1.807, 2.05) is 13.0 Å². The van der Waals surface area contributed by atoms with Gasteiger partial charge in [0, 0.05) is 29.2 Å². The van der Waals surface area contributed by atoms with Crippen LogP contribution in [0.3, 0.4) is 0 Å². The first-order valence-electron chi connectivity index (χ1n) is 9.57. The topological polar surface area (TPSA) is 94.2 Å². The first-order valence-corrected chi connectivity index (χ1v) is 10.4. The predicted molar refractivity (Wildman–Crippen MR) is 118 cm³/mol. The van der Waals surface area contributed by atoms with Crippen LogP contribution >= 0.6 is 15.9 Å². The zero-order chi connectivity index (χ0) is 22.5. The van der Waals surface area contributed by atoms with E-state index in [0.717, 1.165) is 10.0 Å². The molecular weight excluding hydrogens is 468 g/mol. The minimum Gasteiger partial charge on any atom is -0.497 e. The molecule has 0 aliphatic carbocycles. The number of aryl methyl sites for hydroxylation is 1. The number of methoxy groups -OCH3 is 2. The van der Waals surface area contributed by atoms with Crippen LogP contribution in [0.4, 0.5) is 11.4 Å². The number of hydrogen-bond acceptors (Lipinski definition) is 6. The Hall–Kier alpha value is -3.07. The van der Waals surface area contributed by atoms with Gasteiger partial charge in [0.1, 0.15) is 11.5 Å². The molecule has 2 aromatic rings. The standard InChI is InChI=1S/C22H23BrN2O6/c1-13-8-15(23)4-6-17(13)24-20(26)12-31-22(28)14-9-21(27)25(11-14)18-7-5-16(29-2)10-19(18)30-3/h4-8,10,14H,9,11-12H2,1-3H3,(H,24,26)/t14-/m0/s1. The van der Waals surface area contributed by atoms with E-state index < -0.39 is 24.4 Å². The lowest BCUT2D eigenvalue weighted by atomic mass is 10.1. The summed E-state index contributed by atoms with van der Waals surface area (Å²) in [6.07, 6.45) is 0.00144. The van der Waals surface area contributed by atoms with E-state index in [1.54, 1.807) is 30.3 Å². The van der Waals surface area contributed by atoms with E-state index >= 15 is 0 Å². The van der Waals surface area contributed by atoms with Crippen LogP contribution < -0.4 is 19.7 Å². The number of esters is 1. The van der Waals surface area contributed by atoms with Crippen molar-refractivity contribution in [1.82, 2.24) is 0 Å². The van der Waals surface area contributed by atoms with E-state index in [4.69, 9.17) is 14.2 Å². The quantitative estimate of drug-likeness (QED) is 0.598. The lowest BCUT2D eigenvalue weighted by molar-refractivity contribution is -0.151. The molecule has 1 atom stereocenters. The average Bonchev–Trinajstić information content (AvgIpc) is 3.15. The van der Waals surface area contributed by atoms with Gasteiger partial charge in [-0.05, 0) is 42.8 Å². The van der Waals surface area contributed by atoms with Crippen LogP contribution in [0.2, 0.25) is 0 Å². The van der Waals surface area contributed by atoms with Crippen molar-refractivity contribution in [2.45, 2.75) is 13.3 Å². The number of nitrogens with one attached hydrogen (secondary N) is 1. The summed E-state index contributed by atoms with van der Waals surface area (Å²) < 4.78 is 16.6. The summed E-state index contributed by atoms with van der Waals surface area (Å²) >= 11 is 3.36. The number of benzene rings is 2. The van der Waals surface area contributed by atoms with Gasteiger partial charge in [0.05, 0.1) is 25.8 Å². The van der Waals surface area contributed by atoms with Crippen molar-refractivity contribution in [2.75, 3.05) is 37.6 Å². The molecule has 3 rings (SSSR count). The summed E-state index contributed by atoms with van der Waals surface area (Å²) in [4.78, 5) is 38.6. The predicted octanol–water partition coefficient (Wildman–Crippen LogP) is 3.31. The van der Waals surface area contributed by atoms with Crippen LogP contribution in [0, 0.1) is 12.8 Å². The number of carbonyl (C=O) groups is 3. The molecule has 8 nitrogen and oxygen atoms in total. The Kier molecular flexibility index (Phi) is 7.17. The maximum Gasteiger partial charge on any atom is 0.311 e. The molecular formula is C22H23BrN2O6. The second kappa shape index (κ2) is 9.82. The minimum absolute atomic E-state index is 0.00144. The van der Waals surface area contributed by atoms with Crippen LogP contribution in [0.5, 0.6) is 11.5 Å². The maximum atomic E-state index is 12.5. The molecule has 0 radical (unpaired) electrons. The molecule has 0 saturated carbocycles. The van der Waals surface area contributed by atoms with Crippen LogP contribution in [-0.2, 0) is 19.1 Å². The zero-order valence-corrected chi connectivity index (χ0v) is 19.0. The summed E-state index contributed by atoms with van der Waals surface area (Å²) in [5.41, 5.74) is 2.06. The van der Waals surface area contributed by atoms with Crippen molar-refractivity contribution in [3.05, 3.63) is 46.4 Å². The fourth-order valence-corrected chi connectivity index (χ4v) is 3.79. The fraction of sp³-hybridized carbons (Fsp3) is 0.318. The van der Waals surface area contributed by atoms with Gasteiger partial charge in [-0.25, -0.2) is 0 Å². The van der Waals surface area contributed by atoms with Crippen molar-refractivity contribution in [2.24, 2.45) is 5.92 Å². The van der Waals surface area contributed by atoms with Gasteiger partial charge in [0.15, 0.2) is 6.61 Å². The van der Waals surface area contributed by atoms with Crippen molar-refractivity contribution in [1.29, 1.82) is 0 Å². The van der Waals surface area contributed by atoms with Crippen LogP contribution in [0.25, 0.3) is 0 Å². The summed E-state index contributed by atoms with van der Waals surface area (Å²) in [5.74, 6) is -0.870. The number of ether oxygens (including phenoxy) is 3. The fourth-order valence-electron chi connectivity index (χ4n) is 3.31. The highest BCUT2D eigenvalue weighted by Gasteiger charge is 2.37. The number of rotatable bonds is 7. The van der Waals surface area contributed by atoms with Crippen molar-refractivity contribution in [3.63, 3.8) is 0 Å². The number of nitrogens with zero attached hydrogens (tertiary/aromatic N) is 1. The van der Waals surface area contributed by atoms with Crippen molar-refractivity contribution < 1.29 is 28.6 Å². The third kappa shape index (κ3) is 5.35. The van der Waals surface area contributed by atoms with Gasteiger partial charge in [0.25, 0.3) is 5.91 Å². The minimum atomic E-state index is -0.665. The molecule has 1 N–H and O–H groups in total. The molecule has 0 spiro atoms. The Labute approximate surface area is 188 Å². The molecule has 2 aromatic carbocycles. The van der Waals surface area contributed by atoms with Crippen LogP contribution in [0.15, 0.2) is 40.9 Å². The number of hydrogen-bond donors (Lipinski definition) is 1. The molecule has 2 amide bonds. The largest absolute Gasteiger partial charge is 0.497 e. The lowest BCUT2D eigenvalue weighted by Crippen LogP contribution is -2.28. The molecule has 31 heavy (non-hydrogen) atoms. The molecule has 1 fully saturated rings. The van der Waals surface area contributed by atoms with Crippen molar-refractivity contribution in [3.8, 4) is 11.5 Å². The number of carbonyl (C=O) groups excluding carboxylic acids is 3. The second-order valence-electron chi connectivity index (χ2n) is 7.06. The van der Waals surface area contributed by atoms with E-state index in [0.29, 0.717) is 22.9 Å². The first-order chi connectivity index (χ1) is 14.8. The maximum absolute atomic E-state index is 12.5. The Morgan fingerprint density at radius 2 is 1.94 bits per heavy atom. The molecule has 0 bridgehead atoms. The zero-order valence-electron chi connectivity index (χ0n) is 17.4. The molecule has 1 aliphatic heterocycles. The highest BCUT2D eigenvalue weighted by molar-refractivity contribution is 9.10. The van der Waals surface area contributed by atoms with E-state index in [-0.39, 0.29) is 18.9 Å². The van der Waals surface area contributed by atoms with Gasteiger partial charge in [-0.3, -0.25) is 14.4 Å². The van der Waals surface area contributed by atoms with Gasteiger partial charge in [-0.2, -0.15) is 0 Å². The first kappa shape index (κ1) is 22.6. The number of amides is 2. The van der Waals surface area contributed by atoms with Crippen LogP contribution in [0.1, 0.15) is 12.0 Å². The highest BCUT2D eigenvalue weighted by Crippen LogP contribution is 2.36. The van der Waals surface area contributed by atoms with Crippen LogP contribution in [-0.4, -0.2) is 45.2 Å². The normalized spacial score (nSPS) is 15.5. The monoisotopic (exact) mass is 490 g/mol. The Bertz CT molecular complexity index is 1010. The highest BCUT2D eigenvalue weighted by atomic mass is 79.9. The Balaban J connectivity index is 1.58. The SMILES string of the molecule is COc1ccc(N2C[C@@H](C(=O)OCC(=O)Nc3ccc(Br)cc3C)CC2=O)c(OC)c1. The number of anilines is 2. The van der Waals surface area contributed by atoms with E-state index in [9.17, 15) is 14.4 Å². The second-order valence-corrected chi connectivity index (χ2v) is 7.97. The lowest BCUT2D eigenvalue weighted by Gasteiger charge is -2.20. The smallest absolute Gasteiger partial charge is 0.311 e. The average molecular weight is 491 g/mol. The number of halogens is 1. The third-order valence-corrected chi connectivity index (χ3v) is 5.44. The third-order valence-electron chi connectivity index (χ3n) is 4.94. The summed E-state index contributed by atoms with van der Waals surface area (Å²) in [6.45, 7) is 1.58. The van der Waals surface area contributed by atoms with Crippen molar-refractivity contribution >= 4 is 45.1 Å². The molecule has 1 aliphatic rings. The van der Waals surface area contributed by atoms with Gasteiger partial charge >= 0.3 is 5.97 Å². The summed E-state index contributed by atoms with van der Waals surface area (Å²) in [5, 5.41) is 2.71. The van der Waals surface area contributed by atoms with Gasteiger partial charge in [0.2, 0.25) is 5.91 Å². The van der Waals surface area contributed by atoms with Gasteiger partial charge < -0.3 is 24.4 Å². The molecule has 9 heteroatoms. The summed E-state index contributed by atoms with van der Waals surface area (Å²) in [6, 6.07) is 10.5. The molecule has 164 valence electrons. The molecule has 1 heterocycles. The summed E-state index contributed by atoms with van der Waals surface area (Å²) in [7, 11) is 3.03. The van der Waals surface area contributed by atoms with Gasteiger partial charge in [-0.15, -0.1) is 0 Å². The Morgan fingerprint density at radius 1 is 1.16 bits per heavy atom. The molecule has 1 saturated heterocycles. The van der Waals surface area contributed by atoms with E-state index in [2.05, 4.69) is 21.2 Å².